The lowest BCUT2D eigenvalue weighted by atomic mass is 9.12. The van der Waals surface area contributed by atoms with Crippen molar-refractivity contribution >= 4 is 51.6 Å². The van der Waals surface area contributed by atoms with E-state index >= 15 is 0 Å². The third kappa shape index (κ3) is 8.94. The summed E-state index contributed by atoms with van der Waals surface area (Å²) in [5.41, 5.74) is -18.8. The Morgan fingerprint density at radius 1 is 0.382 bits per heavy atom. The van der Waals surface area contributed by atoms with Gasteiger partial charge in [-0.25, -0.2) is 0 Å². The molecule has 0 aliphatic carbocycles. The third-order valence-corrected chi connectivity index (χ3v) is 15.2. The van der Waals surface area contributed by atoms with Gasteiger partial charge < -0.3 is 0 Å². The predicted molar refractivity (Wildman–Crippen MR) is 172 cm³/mol. The van der Waals surface area contributed by atoms with Gasteiger partial charge in [-0.05, 0) is 35.5 Å². The van der Waals surface area contributed by atoms with E-state index in [2.05, 4.69) is 0 Å². The molecule has 0 spiro atoms. The van der Waals surface area contributed by atoms with E-state index in [1.165, 1.54) is 0 Å². The zero-order valence-corrected chi connectivity index (χ0v) is 29.4. The van der Waals surface area contributed by atoms with Crippen LogP contribution in [0.25, 0.3) is 0 Å². The summed E-state index contributed by atoms with van der Waals surface area (Å²) in [6.07, 6.45) is -39.3. The van der Waals surface area contributed by atoms with Crippen molar-refractivity contribution in [3.8, 4) is 0 Å². The van der Waals surface area contributed by atoms with Gasteiger partial charge >= 0.3 is 37.1 Å². The molecule has 0 radical (unpaired) electrons. The number of halogens is 19. The summed E-state index contributed by atoms with van der Waals surface area (Å²) in [6, 6.07) is 1.85. The van der Waals surface area contributed by atoms with E-state index in [4.69, 9.17) is 11.1 Å². The lowest BCUT2D eigenvalue weighted by Crippen LogP contribution is -2.75. The highest BCUT2D eigenvalue weighted by atomic mass is 35.6. The van der Waals surface area contributed by atoms with E-state index in [0.29, 0.717) is 0 Å². The Morgan fingerprint density at radius 2 is 0.600 bits per heavy atom. The quantitative estimate of drug-likeness (QED) is 0.0988. The van der Waals surface area contributed by atoms with Crippen LogP contribution >= 0.6 is 11.1 Å². The summed E-state index contributed by atoms with van der Waals surface area (Å²) in [6.45, 7) is 3.27. The maximum absolute atomic E-state index is 14.3. The van der Waals surface area contributed by atoms with E-state index in [1.54, 1.807) is 13.8 Å². The van der Waals surface area contributed by atoms with Gasteiger partial charge in [-0.1, -0.05) is 74.5 Å². The van der Waals surface area contributed by atoms with E-state index in [1.807, 2.05) is 0 Å². The third-order valence-electron chi connectivity index (χ3n) is 9.38. The Bertz CT molecular complexity index is 1740. The molecule has 300 valence electrons. The van der Waals surface area contributed by atoms with Gasteiger partial charge in [-0.2, -0.15) is 112 Å². The SMILES string of the molecule is CC[Si](Cl)(CC)c1ccc([B-](c2cc(C(F)(F)F)cc(C(F)(F)F)c2)(c2cc(C(F)(F)F)cc(C(F)(F)F)c2)c2cc(C(F)(F)F)cc(C(F)(F)F)c2)cc1. The summed E-state index contributed by atoms with van der Waals surface area (Å²) in [4.78, 5) is 0. The molecule has 55 heavy (non-hydrogen) atoms. The molecule has 0 heterocycles. The van der Waals surface area contributed by atoms with E-state index < -0.39 is 124 Å². The second kappa shape index (κ2) is 14.3. The average Bonchev–Trinajstić information content (AvgIpc) is 3.06. The minimum atomic E-state index is -5.76. The molecule has 0 aliphatic heterocycles. The fourth-order valence-corrected chi connectivity index (χ4v) is 9.03. The van der Waals surface area contributed by atoms with Crippen LogP contribution in [-0.2, 0) is 37.1 Å². The molecule has 21 heteroatoms. The van der Waals surface area contributed by atoms with Crippen molar-refractivity contribution in [2.75, 3.05) is 0 Å². The van der Waals surface area contributed by atoms with Crippen molar-refractivity contribution in [1.29, 1.82) is 0 Å². The van der Waals surface area contributed by atoms with Crippen LogP contribution in [0.1, 0.15) is 47.2 Å². The molecule has 0 N–H and O–H groups in total. The molecule has 0 saturated heterocycles. The molecule has 0 unspecified atom stereocenters. The van der Waals surface area contributed by atoms with Crippen LogP contribution < -0.4 is 27.0 Å². The topological polar surface area (TPSA) is 0 Å². The molecule has 4 aromatic rings. The molecule has 0 nitrogen and oxygen atoms in total. The first kappa shape index (κ1) is 43.9. The van der Waals surface area contributed by atoms with Gasteiger partial charge in [0.05, 0.1) is 33.4 Å². The molecule has 4 aromatic carbocycles. The summed E-state index contributed by atoms with van der Waals surface area (Å²) in [5, 5.41) is 0.257. The molecule has 0 amide bonds. The fourth-order valence-electron chi connectivity index (χ4n) is 6.57. The van der Waals surface area contributed by atoms with Crippen molar-refractivity contribution in [1.82, 2.24) is 0 Å². The van der Waals surface area contributed by atoms with Gasteiger partial charge in [0.15, 0.2) is 7.38 Å². The Balaban J connectivity index is 2.49. The summed E-state index contributed by atoms with van der Waals surface area (Å²) < 4.78 is 258. The Morgan fingerprint density at radius 3 is 0.782 bits per heavy atom. The second-order valence-corrected chi connectivity index (χ2v) is 18.8. The lowest BCUT2D eigenvalue weighted by Gasteiger charge is -2.46. The highest BCUT2D eigenvalue weighted by molar-refractivity contribution is 7.27. The van der Waals surface area contributed by atoms with Crippen molar-refractivity contribution in [2.24, 2.45) is 0 Å². The molecule has 4 rings (SSSR count). The minimum Gasteiger partial charge on any atom is -0.195 e. The molecular weight excluding hydrogens is 825 g/mol. The predicted octanol–water partition coefficient (Wildman–Crippen LogP) is 10.6. The first-order valence-electron chi connectivity index (χ1n) is 15.6. The highest BCUT2D eigenvalue weighted by Gasteiger charge is 2.45. The Kier molecular flexibility index (Phi) is 11.4. The molecule has 0 aromatic heterocycles. The number of hydrogen-bond donors (Lipinski definition) is 0. The molecule has 0 atom stereocenters. The summed E-state index contributed by atoms with van der Waals surface area (Å²) in [5.74, 6) is 0. The van der Waals surface area contributed by atoms with Crippen LogP contribution in [0.15, 0.2) is 78.9 Å². The van der Waals surface area contributed by atoms with Crippen molar-refractivity contribution in [3.63, 3.8) is 0 Å². The first-order chi connectivity index (χ1) is 24.8. The van der Waals surface area contributed by atoms with E-state index in [-0.39, 0.29) is 53.7 Å². The van der Waals surface area contributed by atoms with Crippen LogP contribution in [0.3, 0.4) is 0 Å². The van der Waals surface area contributed by atoms with Gasteiger partial charge in [0.25, 0.3) is 0 Å². The van der Waals surface area contributed by atoms with Gasteiger partial charge in [-0.15, -0.1) is 0 Å². The van der Waals surface area contributed by atoms with Crippen LogP contribution in [0, 0.1) is 0 Å². The van der Waals surface area contributed by atoms with Gasteiger partial charge in [0.1, 0.15) is 6.15 Å². The minimum absolute atomic E-state index is 0.164. The smallest absolute Gasteiger partial charge is 0.195 e. The number of hydrogen-bond acceptors (Lipinski definition) is 0. The van der Waals surface area contributed by atoms with Gasteiger partial charge in [-0.3, -0.25) is 0 Å². The first-order valence-corrected chi connectivity index (χ1v) is 19.1. The number of rotatable bonds is 7. The molecule has 0 bridgehead atoms. The normalized spacial score (nSPS) is 14.1. The van der Waals surface area contributed by atoms with Crippen molar-refractivity contribution in [3.05, 3.63) is 112 Å². The molecule has 0 aliphatic rings. The van der Waals surface area contributed by atoms with E-state index in [0.717, 1.165) is 24.3 Å². The van der Waals surface area contributed by atoms with Crippen LogP contribution in [0.2, 0.25) is 12.1 Å². The zero-order valence-electron chi connectivity index (χ0n) is 27.7. The second-order valence-electron chi connectivity index (χ2n) is 12.7. The fraction of sp³-hybridized carbons (Fsp3) is 0.294. The lowest BCUT2D eigenvalue weighted by molar-refractivity contribution is -0.144. The Hall–Kier alpha value is -3.81. The van der Waals surface area contributed by atoms with Crippen molar-refractivity contribution < 1.29 is 79.0 Å². The van der Waals surface area contributed by atoms with Crippen LogP contribution in [0.4, 0.5) is 79.0 Å². The number of benzene rings is 4. The number of alkyl halides is 18. The summed E-state index contributed by atoms with van der Waals surface area (Å²) >= 11 is 6.77. The van der Waals surface area contributed by atoms with Crippen molar-refractivity contribution in [2.45, 2.75) is 63.0 Å². The zero-order chi connectivity index (χ0) is 42.0. The highest BCUT2D eigenvalue weighted by Crippen LogP contribution is 2.39. The molecular formula is C34H23BClF18Si-. The molecule has 0 fully saturated rings. The largest absolute Gasteiger partial charge is 0.416 e. The monoisotopic (exact) mass is 847 g/mol. The van der Waals surface area contributed by atoms with Gasteiger partial charge in [0.2, 0.25) is 0 Å². The molecule has 0 saturated carbocycles. The maximum atomic E-state index is 14.3. The van der Waals surface area contributed by atoms with Crippen LogP contribution in [-0.4, -0.2) is 13.5 Å². The standard InChI is InChI=1S/C34H23BClF18Si/c1-3-55(36,4-2)28-7-5-24(6-8-28)35(25-12-18(29(37,38)39)9-19(13-25)30(40,41)42,26-14-20(31(43,44)45)10-21(15-26)32(46,47)48)27-16-22(33(49,50)51)11-23(17-27)34(52,53)54/h5-17H,3-4H2,1-2H3/q-1. The van der Waals surface area contributed by atoms with Crippen LogP contribution in [0.5, 0.6) is 0 Å². The summed E-state index contributed by atoms with van der Waals surface area (Å²) in [7, 11) is -3.01. The van der Waals surface area contributed by atoms with E-state index in [9.17, 15) is 79.0 Å². The average molecular weight is 848 g/mol. The van der Waals surface area contributed by atoms with Gasteiger partial charge in [0, 0.05) is 0 Å². The maximum Gasteiger partial charge on any atom is 0.416 e. The Labute approximate surface area is 305 Å².